The van der Waals surface area contributed by atoms with Crippen LogP contribution in [-0.4, -0.2) is 28.9 Å². The zero-order valence-corrected chi connectivity index (χ0v) is 7.40. The standard InChI is InChI=1S/C7H14NS.H2O/c1-3-8(4-2)5-6-9-7-8;/h5-6H,3-4,7H2,1-2H3;1H2/q+1;/p-1. The molecule has 0 aromatic rings. The second kappa shape index (κ2) is 4.01. The van der Waals surface area contributed by atoms with Crippen LogP contribution in [0.15, 0.2) is 11.6 Å². The third kappa shape index (κ3) is 1.75. The van der Waals surface area contributed by atoms with E-state index in [4.69, 9.17) is 0 Å². The molecule has 3 heteroatoms. The molecule has 1 heterocycles. The molecule has 0 aliphatic carbocycles. The Morgan fingerprint density at radius 1 is 1.40 bits per heavy atom. The number of thioether (sulfide) groups is 1. The molecule has 2 nitrogen and oxygen atoms in total. The Labute approximate surface area is 66.8 Å². The monoisotopic (exact) mass is 161 g/mol. The lowest BCUT2D eigenvalue weighted by atomic mass is 10.4. The maximum atomic E-state index is 2.31. The average molecular weight is 161 g/mol. The molecule has 1 rings (SSSR count). The van der Waals surface area contributed by atoms with Crippen LogP contribution in [0.4, 0.5) is 0 Å². The summed E-state index contributed by atoms with van der Waals surface area (Å²) in [5.74, 6) is 1.24. The predicted molar refractivity (Wildman–Crippen MR) is 44.9 cm³/mol. The SMILES string of the molecule is CC[N+]1(CC)C=CSC1.[OH-]. The molecule has 0 radical (unpaired) electrons. The molecule has 1 aliphatic heterocycles. The van der Waals surface area contributed by atoms with E-state index in [2.05, 4.69) is 25.5 Å². The first-order valence-corrected chi connectivity index (χ1v) is 4.53. The van der Waals surface area contributed by atoms with Crippen molar-refractivity contribution in [2.45, 2.75) is 13.8 Å². The van der Waals surface area contributed by atoms with Crippen LogP contribution in [0.1, 0.15) is 13.8 Å². The van der Waals surface area contributed by atoms with Crippen LogP contribution in [-0.2, 0) is 0 Å². The van der Waals surface area contributed by atoms with Gasteiger partial charge in [0.1, 0.15) is 12.1 Å². The van der Waals surface area contributed by atoms with Crippen molar-refractivity contribution in [2.75, 3.05) is 19.0 Å². The van der Waals surface area contributed by atoms with Gasteiger partial charge < -0.3 is 5.48 Å². The van der Waals surface area contributed by atoms with Gasteiger partial charge in [-0.25, -0.2) is 0 Å². The molecule has 0 spiro atoms. The molecule has 0 fully saturated rings. The number of quaternary nitrogens is 1. The van der Waals surface area contributed by atoms with Crippen LogP contribution in [0.2, 0.25) is 0 Å². The van der Waals surface area contributed by atoms with Gasteiger partial charge in [0.25, 0.3) is 0 Å². The smallest absolute Gasteiger partial charge is 0.134 e. The normalized spacial score (nSPS) is 20.6. The summed E-state index contributed by atoms with van der Waals surface area (Å²) in [6.07, 6.45) is 2.31. The summed E-state index contributed by atoms with van der Waals surface area (Å²) in [6, 6.07) is 0. The van der Waals surface area contributed by atoms with Gasteiger partial charge in [0.05, 0.1) is 13.1 Å². The van der Waals surface area contributed by atoms with E-state index >= 15 is 0 Å². The van der Waals surface area contributed by atoms with E-state index in [0.717, 1.165) is 0 Å². The lowest BCUT2D eigenvalue weighted by molar-refractivity contribution is -0.860. The molecule has 0 amide bonds. The number of rotatable bonds is 2. The summed E-state index contributed by atoms with van der Waals surface area (Å²) < 4.78 is 1.17. The van der Waals surface area contributed by atoms with Crippen LogP contribution in [0.3, 0.4) is 0 Å². The molecule has 10 heavy (non-hydrogen) atoms. The van der Waals surface area contributed by atoms with E-state index in [0.29, 0.717) is 0 Å². The van der Waals surface area contributed by atoms with Gasteiger partial charge in [0.2, 0.25) is 0 Å². The summed E-state index contributed by atoms with van der Waals surface area (Å²) in [5.41, 5.74) is 0. The molecule has 1 N–H and O–H groups in total. The second-order valence-corrected chi connectivity index (χ2v) is 3.30. The molecule has 0 saturated carbocycles. The van der Waals surface area contributed by atoms with Crippen LogP contribution in [0.25, 0.3) is 0 Å². The van der Waals surface area contributed by atoms with Crippen molar-refractivity contribution in [1.82, 2.24) is 0 Å². The Morgan fingerprint density at radius 2 is 2.00 bits per heavy atom. The Balaban J connectivity index is 0.000000810. The topological polar surface area (TPSA) is 30.0 Å². The van der Waals surface area contributed by atoms with E-state index in [-0.39, 0.29) is 5.48 Å². The molecule has 0 aromatic heterocycles. The first-order chi connectivity index (χ1) is 4.33. The van der Waals surface area contributed by atoms with E-state index in [1.807, 2.05) is 11.8 Å². The maximum absolute atomic E-state index is 2.31. The summed E-state index contributed by atoms with van der Waals surface area (Å²) in [4.78, 5) is 0. The van der Waals surface area contributed by atoms with Gasteiger partial charge in [0, 0.05) is 5.41 Å². The van der Waals surface area contributed by atoms with Gasteiger partial charge in [-0.1, -0.05) is 11.8 Å². The van der Waals surface area contributed by atoms with Gasteiger partial charge in [-0.05, 0) is 13.8 Å². The Bertz CT molecular complexity index is 121. The van der Waals surface area contributed by atoms with Crippen LogP contribution >= 0.6 is 11.8 Å². The van der Waals surface area contributed by atoms with Crippen molar-refractivity contribution >= 4 is 11.8 Å². The Hall–Kier alpha value is 0.01000. The minimum Gasteiger partial charge on any atom is -0.870 e. The lowest BCUT2D eigenvalue weighted by Crippen LogP contribution is -2.39. The third-order valence-corrected chi connectivity index (χ3v) is 3.04. The quantitative estimate of drug-likeness (QED) is 0.578. The van der Waals surface area contributed by atoms with Gasteiger partial charge in [0.15, 0.2) is 0 Å². The van der Waals surface area contributed by atoms with Crippen LogP contribution in [0.5, 0.6) is 0 Å². The molecular formula is C7H15NOS. The first-order valence-electron chi connectivity index (χ1n) is 3.48. The zero-order chi connectivity index (χ0) is 6.74. The van der Waals surface area contributed by atoms with Crippen molar-refractivity contribution in [3.63, 3.8) is 0 Å². The van der Waals surface area contributed by atoms with Crippen molar-refractivity contribution in [2.24, 2.45) is 0 Å². The first kappa shape index (κ1) is 10.0. The Morgan fingerprint density at radius 3 is 2.20 bits per heavy atom. The highest BCUT2D eigenvalue weighted by molar-refractivity contribution is 8.02. The molecule has 0 atom stereocenters. The highest BCUT2D eigenvalue weighted by atomic mass is 32.2. The zero-order valence-electron chi connectivity index (χ0n) is 6.58. The van der Waals surface area contributed by atoms with Gasteiger partial charge in [-0.15, -0.1) is 0 Å². The molecule has 0 unspecified atom stereocenters. The van der Waals surface area contributed by atoms with Crippen molar-refractivity contribution in [3.05, 3.63) is 11.6 Å². The summed E-state index contributed by atoms with van der Waals surface area (Å²) in [7, 11) is 0. The molecular weight excluding hydrogens is 146 g/mol. The number of hydrogen-bond acceptors (Lipinski definition) is 2. The van der Waals surface area contributed by atoms with Crippen molar-refractivity contribution in [3.8, 4) is 0 Å². The summed E-state index contributed by atoms with van der Waals surface area (Å²) in [5, 5.41) is 2.22. The minimum absolute atomic E-state index is 0. The highest BCUT2D eigenvalue weighted by Crippen LogP contribution is 2.23. The van der Waals surface area contributed by atoms with E-state index < -0.39 is 0 Å². The van der Waals surface area contributed by atoms with E-state index in [1.54, 1.807) is 0 Å². The lowest BCUT2D eigenvalue weighted by Gasteiger charge is -2.27. The van der Waals surface area contributed by atoms with Crippen LogP contribution < -0.4 is 0 Å². The fraction of sp³-hybridized carbons (Fsp3) is 0.714. The summed E-state index contributed by atoms with van der Waals surface area (Å²) in [6.45, 7) is 6.97. The fourth-order valence-electron chi connectivity index (χ4n) is 1.02. The minimum atomic E-state index is 0. The van der Waals surface area contributed by atoms with Gasteiger partial charge in [-0.2, -0.15) is 0 Å². The van der Waals surface area contributed by atoms with E-state index in [9.17, 15) is 0 Å². The van der Waals surface area contributed by atoms with Crippen molar-refractivity contribution in [1.29, 1.82) is 0 Å². The Kier molecular flexibility index (Phi) is 4.01. The molecule has 60 valence electrons. The largest absolute Gasteiger partial charge is 0.870 e. The predicted octanol–water partition coefficient (Wildman–Crippen LogP) is 1.84. The number of nitrogens with zero attached hydrogens (tertiary/aromatic N) is 1. The second-order valence-electron chi connectivity index (χ2n) is 2.43. The fourth-order valence-corrected chi connectivity index (χ4v) is 2.20. The van der Waals surface area contributed by atoms with E-state index in [1.165, 1.54) is 23.4 Å². The molecule has 0 bridgehead atoms. The van der Waals surface area contributed by atoms with Crippen LogP contribution in [0, 0.1) is 0 Å². The van der Waals surface area contributed by atoms with Gasteiger partial charge >= 0.3 is 0 Å². The summed E-state index contributed by atoms with van der Waals surface area (Å²) >= 11 is 1.92. The maximum Gasteiger partial charge on any atom is 0.134 e. The van der Waals surface area contributed by atoms with Gasteiger partial charge in [-0.3, -0.25) is 4.48 Å². The number of hydrogen-bond donors (Lipinski definition) is 0. The molecule has 0 aromatic carbocycles. The average Bonchev–Trinajstić information content (AvgIpc) is 2.36. The third-order valence-electron chi connectivity index (χ3n) is 2.06. The molecule has 0 saturated heterocycles. The van der Waals surface area contributed by atoms with Crippen molar-refractivity contribution < 1.29 is 9.96 Å². The molecule has 1 aliphatic rings. The highest BCUT2D eigenvalue weighted by Gasteiger charge is 2.23.